The Balaban J connectivity index is 1.77. The Morgan fingerprint density at radius 3 is 2.78 bits per heavy atom. The molecule has 3 rings (SSSR count). The van der Waals surface area contributed by atoms with Crippen LogP contribution in [0.2, 0.25) is 0 Å². The first-order valence-electron chi connectivity index (χ1n) is 6.68. The first-order valence-corrected chi connectivity index (χ1v) is 6.68. The summed E-state index contributed by atoms with van der Waals surface area (Å²) >= 11 is 0. The number of rotatable bonds is 1. The molecule has 1 aromatic heterocycles. The quantitative estimate of drug-likeness (QED) is 0.823. The van der Waals surface area contributed by atoms with E-state index in [1.807, 2.05) is 24.8 Å². The molecule has 0 bridgehead atoms. The number of fused-ring (bicyclic) bond motifs is 1. The molecule has 2 aliphatic rings. The number of hydrogen-bond acceptors (Lipinski definition) is 3. The molecular weight excluding hydrogens is 228 g/mol. The van der Waals surface area contributed by atoms with E-state index in [-0.39, 0.29) is 11.9 Å². The van der Waals surface area contributed by atoms with Crippen LogP contribution in [0.25, 0.3) is 0 Å². The minimum Gasteiger partial charge on any atom is -0.466 e. The van der Waals surface area contributed by atoms with Gasteiger partial charge in [-0.25, -0.2) is 0 Å². The lowest BCUT2D eigenvalue weighted by atomic mass is 9.98. The molecule has 2 heterocycles. The molecule has 0 radical (unpaired) electrons. The van der Waals surface area contributed by atoms with Gasteiger partial charge in [-0.2, -0.15) is 0 Å². The molecule has 4 nitrogen and oxygen atoms in total. The van der Waals surface area contributed by atoms with E-state index in [1.54, 1.807) is 0 Å². The van der Waals surface area contributed by atoms with E-state index < -0.39 is 0 Å². The maximum absolute atomic E-state index is 12.4. The van der Waals surface area contributed by atoms with Gasteiger partial charge in [0.15, 0.2) is 0 Å². The number of carbonyl (C=O) groups excluding carboxylic acids is 1. The van der Waals surface area contributed by atoms with Crippen LogP contribution in [0, 0.1) is 25.7 Å². The monoisotopic (exact) mass is 248 g/mol. The molecule has 1 saturated carbocycles. The lowest BCUT2D eigenvalue weighted by Crippen LogP contribution is -2.33. The van der Waals surface area contributed by atoms with Gasteiger partial charge in [0, 0.05) is 19.1 Å². The number of hydrogen-bond donors (Lipinski definition) is 1. The average Bonchev–Trinajstić information content (AvgIpc) is 2.96. The van der Waals surface area contributed by atoms with Crippen molar-refractivity contribution in [1.29, 1.82) is 0 Å². The van der Waals surface area contributed by atoms with Crippen LogP contribution in [0.1, 0.15) is 34.7 Å². The highest BCUT2D eigenvalue weighted by Crippen LogP contribution is 2.37. The van der Waals surface area contributed by atoms with Crippen LogP contribution in [0.15, 0.2) is 10.5 Å². The van der Waals surface area contributed by atoms with Gasteiger partial charge in [-0.15, -0.1) is 0 Å². The molecule has 2 fully saturated rings. The summed E-state index contributed by atoms with van der Waals surface area (Å²) in [5, 5.41) is 0. The topological polar surface area (TPSA) is 59.5 Å². The van der Waals surface area contributed by atoms with E-state index in [0.29, 0.717) is 17.4 Å². The predicted molar refractivity (Wildman–Crippen MR) is 68.3 cm³/mol. The number of carbonyl (C=O) groups is 1. The number of amides is 1. The lowest BCUT2D eigenvalue weighted by Gasteiger charge is -2.18. The van der Waals surface area contributed by atoms with Gasteiger partial charge < -0.3 is 15.1 Å². The van der Waals surface area contributed by atoms with Gasteiger partial charge in [-0.3, -0.25) is 4.79 Å². The molecule has 2 N–H and O–H groups in total. The number of aryl methyl sites for hydroxylation is 2. The third kappa shape index (κ3) is 1.75. The van der Waals surface area contributed by atoms with Gasteiger partial charge in [0.05, 0.1) is 5.56 Å². The highest BCUT2D eigenvalue weighted by Gasteiger charge is 2.42. The second-order valence-electron chi connectivity index (χ2n) is 5.70. The first-order chi connectivity index (χ1) is 8.56. The summed E-state index contributed by atoms with van der Waals surface area (Å²) in [5.41, 5.74) is 6.81. The highest BCUT2D eigenvalue weighted by molar-refractivity contribution is 5.95. The van der Waals surface area contributed by atoms with Crippen LogP contribution >= 0.6 is 0 Å². The normalized spacial score (nSPS) is 30.8. The minimum absolute atomic E-state index is 0.103. The van der Waals surface area contributed by atoms with Gasteiger partial charge in [-0.1, -0.05) is 0 Å². The summed E-state index contributed by atoms with van der Waals surface area (Å²) in [6.45, 7) is 5.40. The summed E-state index contributed by atoms with van der Waals surface area (Å²) in [4.78, 5) is 14.4. The Bertz CT molecular complexity index is 480. The molecule has 3 atom stereocenters. The van der Waals surface area contributed by atoms with Gasteiger partial charge in [0.25, 0.3) is 5.91 Å². The molecular formula is C14H20N2O2. The Morgan fingerprint density at radius 1 is 1.39 bits per heavy atom. The number of nitrogens with zero attached hydrogens (tertiary/aromatic N) is 1. The molecule has 0 spiro atoms. The van der Waals surface area contributed by atoms with Crippen LogP contribution in [0.4, 0.5) is 0 Å². The third-order valence-corrected chi connectivity index (χ3v) is 4.47. The van der Waals surface area contributed by atoms with E-state index in [9.17, 15) is 4.79 Å². The van der Waals surface area contributed by atoms with E-state index in [2.05, 4.69) is 0 Å². The summed E-state index contributed by atoms with van der Waals surface area (Å²) in [6, 6.07) is 2.12. The van der Waals surface area contributed by atoms with Crippen LogP contribution in [0.5, 0.6) is 0 Å². The van der Waals surface area contributed by atoms with Crippen LogP contribution in [-0.2, 0) is 0 Å². The fourth-order valence-electron chi connectivity index (χ4n) is 3.49. The lowest BCUT2D eigenvalue weighted by molar-refractivity contribution is 0.0778. The number of likely N-dealkylation sites (tertiary alicyclic amines) is 1. The molecule has 1 amide bonds. The van der Waals surface area contributed by atoms with Gasteiger partial charge in [0.2, 0.25) is 0 Å². The fraction of sp³-hybridized carbons (Fsp3) is 0.643. The molecule has 1 saturated heterocycles. The van der Waals surface area contributed by atoms with Gasteiger partial charge in [0.1, 0.15) is 11.5 Å². The maximum Gasteiger partial charge on any atom is 0.257 e. The van der Waals surface area contributed by atoms with E-state index in [0.717, 1.165) is 31.0 Å². The molecule has 1 aliphatic carbocycles. The average molecular weight is 248 g/mol. The minimum atomic E-state index is 0.103. The molecule has 18 heavy (non-hydrogen) atoms. The molecule has 1 aliphatic heterocycles. The summed E-state index contributed by atoms with van der Waals surface area (Å²) in [5.74, 6) is 2.73. The van der Waals surface area contributed by atoms with Crippen molar-refractivity contribution in [3.8, 4) is 0 Å². The summed E-state index contributed by atoms with van der Waals surface area (Å²) in [7, 11) is 0. The fourth-order valence-corrected chi connectivity index (χ4v) is 3.49. The van der Waals surface area contributed by atoms with Gasteiger partial charge in [-0.05, 0) is 44.6 Å². The summed E-state index contributed by atoms with van der Waals surface area (Å²) in [6.07, 6.45) is 2.28. The first kappa shape index (κ1) is 11.8. The van der Waals surface area contributed by atoms with Gasteiger partial charge >= 0.3 is 0 Å². The van der Waals surface area contributed by atoms with Crippen molar-refractivity contribution < 1.29 is 9.21 Å². The SMILES string of the molecule is Cc1cc(C(=O)N2C[C@@H]3CC[C@@H](N)[C@@H]3C2)c(C)o1. The van der Waals surface area contributed by atoms with E-state index in [4.69, 9.17) is 10.2 Å². The standard InChI is InChI=1S/C14H20N2O2/c1-8-5-11(9(2)18-8)14(17)16-6-10-3-4-13(15)12(10)7-16/h5,10,12-13H,3-4,6-7,15H2,1-2H3/t10-,12+,13+/m0/s1. The largest absolute Gasteiger partial charge is 0.466 e. The molecule has 4 heteroatoms. The zero-order valence-corrected chi connectivity index (χ0v) is 11.0. The smallest absolute Gasteiger partial charge is 0.257 e. The zero-order valence-electron chi connectivity index (χ0n) is 11.0. The number of nitrogens with two attached hydrogens (primary N) is 1. The predicted octanol–water partition coefficient (Wildman–Crippen LogP) is 1.71. The Hall–Kier alpha value is -1.29. The molecule has 1 aromatic rings. The highest BCUT2D eigenvalue weighted by atomic mass is 16.3. The Kier molecular flexibility index (Phi) is 2.70. The third-order valence-electron chi connectivity index (χ3n) is 4.47. The van der Waals surface area contributed by atoms with Crippen molar-refractivity contribution in [3.63, 3.8) is 0 Å². The summed E-state index contributed by atoms with van der Waals surface area (Å²) < 4.78 is 5.44. The van der Waals surface area contributed by atoms with Crippen molar-refractivity contribution in [1.82, 2.24) is 4.90 Å². The molecule has 0 aromatic carbocycles. The Labute approximate surface area is 107 Å². The molecule has 0 unspecified atom stereocenters. The van der Waals surface area contributed by atoms with Crippen molar-refractivity contribution in [2.24, 2.45) is 17.6 Å². The van der Waals surface area contributed by atoms with Crippen molar-refractivity contribution in [2.45, 2.75) is 32.7 Å². The van der Waals surface area contributed by atoms with Crippen LogP contribution < -0.4 is 5.73 Å². The van der Waals surface area contributed by atoms with Crippen molar-refractivity contribution in [3.05, 3.63) is 23.2 Å². The van der Waals surface area contributed by atoms with Crippen molar-refractivity contribution >= 4 is 5.91 Å². The second-order valence-corrected chi connectivity index (χ2v) is 5.70. The number of furan rings is 1. The maximum atomic E-state index is 12.4. The van der Waals surface area contributed by atoms with Crippen LogP contribution in [0.3, 0.4) is 0 Å². The van der Waals surface area contributed by atoms with Crippen LogP contribution in [-0.4, -0.2) is 29.9 Å². The van der Waals surface area contributed by atoms with Crippen molar-refractivity contribution in [2.75, 3.05) is 13.1 Å². The van der Waals surface area contributed by atoms with E-state index in [1.165, 1.54) is 6.42 Å². The zero-order chi connectivity index (χ0) is 12.9. The molecule has 98 valence electrons. The Morgan fingerprint density at radius 2 is 2.17 bits per heavy atom. The van der Waals surface area contributed by atoms with E-state index >= 15 is 0 Å². The second kappa shape index (κ2) is 4.12.